The van der Waals surface area contributed by atoms with E-state index in [4.69, 9.17) is 5.11 Å². The second-order valence-electron chi connectivity index (χ2n) is 5.45. The Morgan fingerprint density at radius 3 is 2.76 bits per heavy atom. The van der Waals surface area contributed by atoms with E-state index in [-0.39, 0.29) is 30.6 Å². The van der Waals surface area contributed by atoms with E-state index < -0.39 is 5.97 Å². The van der Waals surface area contributed by atoms with Gasteiger partial charge in [-0.1, -0.05) is 6.92 Å². The molecule has 0 spiro atoms. The molecular weight excluding hydrogens is 272 g/mol. The number of nitrogens with zero attached hydrogens (tertiary/aromatic N) is 3. The molecule has 0 aliphatic heterocycles. The first-order valence-corrected chi connectivity index (χ1v) is 7.26. The van der Waals surface area contributed by atoms with Gasteiger partial charge in [-0.2, -0.15) is 5.10 Å². The number of rotatable bonds is 7. The van der Waals surface area contributed by atoms with Crippen LogP contribution in [0.3, 0.4) is 0 Å². The predicted octanol–water partition coefficient (Wildman–Crippen LogP) is 0.498. The molecule has 1 aromatic rings. The van der Waals surface area contributed by atoms with Crippen molar-refractivity contribution in [3.63, 3.8) is 0 Å². The van der Waals surface area contributed by atoms with Crippen LogP contribution in [0.2, 0.25) is 0 Å². The maximum Gasteiger partial charge on any atom is 0.317 e. The van der Waals surface area contributed by atoms with Gasteiger partial charge in [0, 0.05) is 24.5 Å². The summed E-state index contributed by atoms with van der Waals surface area (Å²) in [6, 6.07) is 1.83. The Bertz CT molecular complexity index is 482. The second kappa shape index (κ2) is 6.71. The van der Waals surface area contributed by atoms with Crippen LogP contribution in [0.15, 0.2) is 18.5 Å². The lowest BCUT2D eigenvalue weighted by Gasteiger charge is -2.42. The lowest BCUT2D eigenvalue weighted by Crippen LogP contribution is -2.55. The minimum Gasteiger partial charge on any atom is -0.480 e. The highest BCUT2D eigenvalue weighted by Gasteiger charge is 2.35. The normalized spacial score (nSPS) is 22.6. The van der Waals surface area contributed by atoms with Crippen LogP contribution < -0.4 is 5.32 Å². The minimum atomic E-state index is -0.809. The molecule has 0 aromatic carbocycles. The van der Waals surface area contributed by atoms with Crippen molar-refractivity contribution in [3.05, 3.63) is 18.5 Å². The summed E-state index contributed by atoms with van der Waals surface area (Å²) in [4.78, 5) is 24.8. The molecule has 1 atom stereocenters. The fourth-order valence-corrected chi connectivity index (χ4v) is 2.63. The molecule has 2 N–H and O–H groups in total. The summed E-state index contributed by atoms with van der Waals surface area (Å²) in [6.45, 7) is 4.53. The van der Waals surface area contributed by atoms with Crippen molar-refractivity contribution in [1.82, 2.24) is 20.0 Å². The van der Waals surface area contributed by atoms with Crippen LogP contribution in [0.1, 0.15) is 32.7 Å². The van der Waals surface area contributed by atoms with Crippen LogP contribution in [0.4, 0.5) is 0 Å². The molecule has 1 heterocycles. The van der Waals surface area contributed by atoms with Crippen LogP contribution in [-0.2, 0) is 9.59 Å². The molecule has 7 heteroatoms. The lowest BCUT2D eigenvalue weighted by atomic mass is 9.85. The fraction of sp³-hybridized carbons (Fsp3) is 0.643. The zero-order valence-corrected chi connectivity index (χ0v) is 12.4. The Balaban J connectivity index is 1.77. The van der Waals surface area contributed by atoms with E-state index in [1.165, 1.54) is 0 Å². The number of amides is 1. The quantitative estimate of drug-likeness (QED) is 0.764. The summed E-state index contributed by atoms with van der Waals surface area (Å²) in [5.74, 6) is -0.861. The van der Waals surface area contributed by atoms with Gasteiger partial charge >= 0.3 is 5.97 Å². The van der Waals surface area contributed by atoms with Crippen molar-refractivity contribution >= 4 is 11.9 Å². The molecule has 1 aliphatic rings. The molecule has 0 radical (unpaired) electrons. The van der Waals surface area contributed by atoms with Crippen molar-refractivity contribution in [2.75, 3.05) is 13.1 Å². The molecule has 21 heavy (non-hydrogen) atoms. The highest BCUT2D eigenvalue weighted by molar-refractivity contribution is 5.80. The van der Waals surface area contributed by atoms with E-state index in [2.05, 4.69) is 10.4 Å². The zero-order chi connectivity index (χ0) is 15.4. The van der Waals surface area contributed by atoms with Gasteiger partial charge in [-0.15, -0.1) is 0 Å². The smallest absolute Gasteiger partial charge is 0.317 e. The Morgan fingerprint density at radius 1 is 1.52 bits per heavy atom. The van der Waals surface area contributed by atoms with Gasteiger partial charge in [0.25, 0.3) is 0 Å². The number of aliphatic carboxylic acids is 1. The Labute approximate surface area is 123 Å². The summed E-state index contributed by atoms with van der Waals surface area (Å²) >= 11 is 0. The molecule has 2 rings (SSSR count). The van der Waals surface area contributed by atoms with Gasteiger partial charge in [0.05, 0.1) is 6.54 Å². The largest absolute Gasteiger partial charge is 0.480 e. The Hall–Kier alpha value is -1.89. The highest BCUT2D eigenvalue weighted by atomic mass is 16.4. The van der Waals surface area contributed by atoms with Crippen LogP contribution in [0, 0.1) is 0 Å². The number of carbonyl (C=O) groups excluding carboxylic acids is 1. The third-order valence-corrected chi connectivity index (χ3v) is 4.02. The van der Waals surface area contributed by atoms with Crippen molar-refractivity contribution in [3.8, 4) is 0 Å². The highest BCUT2D eigenvalue weighted by Crippen LogP contribution is 2.26. The zero-order valence-electron chi connectivity index (χ0n) is 12.4. The predicted molar refractivity (Wildman–Crippen MR) is 76.8 cm³/mol. The van der Waals surface area contributed by atoms with Crippen LogP contribution >= 0.6 is 0 Å². The number of hydrogen-bond acceptors (Lipinski definition) is 4. The van der Waals surface area contributed by atoms with Gasteiger partial charge in [0.2, 0.25) is 5.91 Å². The van der Waals surface area contributed by atoms with E-state index in [0.29, 0.717) is 6.54 Å². The van der Waals surface area contributed by atoms with Gasteiger partial charge < -0.3 is 10.4 Å². The van der Waals surface area contributed by atoms with Crippen LogP contribution in [0.25, 0.3) is 0 Å². The van der Waals surface area contributed by atoms with E-state index in [0.717, 1.165) is 12.8 Å². The standard InChI is InChI=1S/C14H22N4O3/c1-3-17(9-13(19)20)12-7-11(8-12)16-14(21)10(2)18-6-4-5-15-18/h4-6,10-12H,3,7-9H2,1-2H3,(H,16,21)(H,19,20). The number of likely N-dealkylation sites (N-methyl/N-ethyl adjacent to an activating group) is 1. The van der Waals surface area contributed by atoms with E-state index in [1.807, 2.05) is 11.8 Å². The van der Waals surface area contributed by atoms with Crippen molar-refractivity contribution in [2.24, 2.45) is 0 Å². The lowest BCUT2D eigenvalue weighted by molar-refractivity contribution is -0.140. The second-order valence-corrected chi connectivity index (χ2v) is 5.45. The summed E-state index contributed by atoms with van der Waals surface area (Å²) < 4.78 is 1.62. The molecule has 116 valence electrons. The number of carbonyl (C=O) groups is 2. The maximum absolute atomic E-state index is 12.1. The first-order chi connectivity index (χ1) is 10.0. The van der Waals surface area contributed by atoms with Crippen LogP contribution in [0.5, 0.6) is 0 Å². The van der Waals surface area contributed by atoms with Gasteiger partial charge in [0.1, 0.15) is 6.04 Å². The summed E-state index contributed by atoms with van der Waals surface area (Å²) in [5, 5.41) is 15.9. The number of nitrogens with one attached hydrogen (secondary N) is 1. The monoisotopic (exact) mass is 294 g/mol. The molecule has 1 saturated carbocycles. The first kappa shape index (κ1) is 15.5. The van der Waals surface area contributed by atoms with Gasteiger partial charge in [-0.25, -0.2) is 0 Å². The average Bonchev–Trinajstić information content (AvgIpc) is 2.92. The third-order valence-electron chi connectivity index (χ3n) is 4.02. The molecule has 1 aromatic heterocycles. The molecule has 1 unspecified atom stereocenters. The SMILES string of the molecule is CCN(CC(=O)O)C1CC(NC(=O)C(C)n2cccn2)C1. The Morgan fingerprint density at radius 2 is 2.24 bits per heavy atom. The van der Waals surface area contributed by atoms with Crippen molar-refractivity contribution < 1.29 is 14.7 Å². The summed E-state index contributed by atoms with van der Waals surface area (Å²) in [5.41, 5.74) is 0. The molecule has 0 saturated heterocycles. The van der Waals surface area contributed by atoms with Gasteiger partial charge in [-0.3, -0.25) is 19.2 Å². The third kappa shape index (κ3) is 3.81. The number of carboxylic acid groups (broad SMARTS) is 1. The van der Waals surface area contributed by atoms with E-state index >= 15 is 0 Å². The molecule has 0 bridgehead atoms. The van der Waals surface area contributed by atoms with Gasteiger partial charge in [-0.05, 0) is 32.4 Å². The molecule has 1 aliphatic carbocycles. The van der Waals surface area contributed by atoms with E-state index in [9.17, 15) is 9.59 Å². The fourth-order valence-electron chi connectivity index (χ4n) is 2.63. The van der Waals surface area contributed by atoms with Crippen LogP contribution in [-0.4, -0.2) is 56.8 Å². The van der Waals surface area contributed by atoms with E-state index in [1.54, 1.807) is 30.1 Å². The number of hydrogen-bond donors (Lipinski definition) is 2. The van der Waals surface area contributed by atoms with Crippen molar-refractivity contribution in [1.29, 1.82) is 0 Å². The Kier molecular flexibility index (Phi) is 4.95. The van der Waals surface area contributed by atoms with Gasteiger partial charge in [0.15, 0.2) is 0 Å². The topological polar surface area (TPSA) is 87.5 Å². The first-order valence-electron chi connectivity index (χ1n) is 7.26. The molecule has 1 amide bonds. The molecule has 1 fully saturated rings. The molecular formula is C14H22N4O3. The van der Waals surface area contributed by atoms with Crippen molar-refractivity contribution in [2.45, 2.75) is 44.8 Å². The number of aromatic nitrogens is 2. The minimum absolute atomic E-state index is 0.0524. The summed E-state index contributed by atoms with van der Waals surface area (Å²) in [6.07, 6.45) is 5.02. The summed E-state index contributed by atoms with van der Waals surface area (Å²) in [7, 11) is 0. The maximum atomic E-state index is 12.1. The molecule has 7 nitrogen and oxygen atoms in total. The number of carboxylic acids is 1. The average molecular weight is 294 g/mol.